The van der Waals surface area contributed by atoms with Gasteiger partial charge in [0.1, 0.15) is 6.07 Å². The van der Waals surface area contributed by atoms with Crippen molar-refractivity contribution in [1.29, 1.82) is 5.26 Å². The molecule has 5 nitrogen and oxygen atoms in total. The number of rotatable bonds is 5. The molecular weight excluding hydrogens is 232 g/mol. The number of hydrogen-bond donors (Lipinski definition) is 0. The molecule has 0 aromatic heterocycles. The number of hydrogen-bond acceptors (Lipinski definition) is 5. The van der Waals surface area contributed by atoms with Crippen LogP contribution in [0.25, 0.3) is 0 Å². The molecule has 0 fully saturated rings. The summed E-state index contributed by atoms with van der Waals surface area (Å²) >= 11 is 0. The van der Waals surface area contributed by atoms with Crippen LogP contribution < -0.4 is 0 Å². The van der Waals surface area contributed by atoms with Crippen LogP contribution in [0.4, 0.5) is 4.79 Å². The third kappa shape index (κ3) is 4.66. The summed E-state index contributed by atoms with van der Waals surface area (Å²) in [6.45, 7) is 2.27. The van der Waals surface area contributed by atoms with Gasteiger partial charge in [0.25, 0.3) is 0 Å². The number of benzene rings is 1. The van der Waals surface area contributed by atoms with E-state index in [4.69, 9.17) is 10.00 Å². The maximum Gasteiger partial charge on any atom is 0.535 e. The smallest absolute Gasteiger partial charge is 0.433 e. The molecule has 1 aromatic carbocycles. The largest absolute Gasteiger partial charge is 0.535 e. The Morgan fingerprint density at radius 1 is 1.39 bits per heavy atom. The van der Waals surface area contributed by atoms with Crippen LogP contribution in [-0.4, -0.2) is 18.5 Å². The first-order chi connectivity index (χ1) is 8.77. The molecule has 0 N–H and O–H groups in total. The van der Waals surface area contributed by atoms with Gasteiger partial charge in [-0.15, -0.1) is 0 Å². The van der Waals surface area contributed by atoms with Gasteiger partial charge in [-0.1, -0.05) is 48.8 Å². The number of nitriles is 1. The van der Waals surface area contributed by atoms with E-state index in [0.717, 1.165) is 12.8 Å². The molecule has 0 aliphatic rings. The molecule has 0 saturated heterocycles. The van der Waals surface area contributed by atoms with Crippen LogP contribution in [0.15, 0.2) is 35.5 Å². The monoisotopic (exact) mass is 246 g/mol. The number of oxime groups is 1. The van der Waals surface area contributed by atoms with Crippen molar-refractivity contribution in [2.45, 2.75) is 19.8 Å². The molecule has 1 aromatic rings. The highest BCUT2D eigenvalue weighted by atomic mass is 16.8. The van der Waals surface area contributed by atoms with Crippen molar-refractivity contribution in [2.75, 3.05) is 6.61 Å². The van der Waals surface area contributed by atoms with E-state index in [2.05, 4.69) is 9.99 Å². The van der Waals surface area contributed by atoms with E-state index in [9.17, 15) is 4.79 Å². The summed E-state index contributed by atoms with van der Waals surface area (Å²) in [5, 5.41) is 12.4. The first kappa shape index (κ1) is 13.7. The number of nitrogens with zero attached hydrogens (tertiary/aromatic N) is 2. The molecule has 5 heteroatoms. The third-order valence-corrected chi connectivity index (χ3v) is 2.08. The maximum absolute atomic E-state index is 11.1. The lowest BCUT2D eigenvalue weighted by molar-refractivity contribution is 0.0567. The molecule has 1 rings (SSSR count). The van der Waals surface area contributed by atoms with Gasteiger partial charge in [0, 0.05) is 5.56 Å². The van der Waals surface area contributed by atoms with Crippen LogP contribution in [0.5, 0.6) is 0 Å². The average molecular weight is 246 g/mol. The molecule has 0 heterocycles. The van der Waals surface area contributed by atoms with E-state index in [1.54, 1.807) is 24.3 Å². The Kier molecular flexibility index (Phi) is 5.98. The standard InChI is InChI=1S/C13H14N2O3/c1-2-3-9-17-13(16)18-15-12(10-14)11-7-5-4-6-8-11/h4-8H,2-3,9H2,1H3. The van der Waals surface area contributed by atoms with Crippen molar-refractivity contribution < 1.29 is 14.4 Å². The summed E-state index contributed by atoms with van der Waals surface area (Å²) in [5.41, 5.74) is 0.615. The molecule has 0 amide bonds. The second-order valence-corrected chi connectivity index (χ2v) is 3.46. The van der Waals surface area contributed by atoms with Crippen molar-refractivity contribution in [3.05, 3.63) is 35.9 Å². The zero-order valence-corrected chi connectivity index (χ0v) is 10.1. The summed E-state index contributed by atoms with van der Waals surface area (Å²) in [6.07, 6.45) is 0.791. The van der Waals surface area contributed by atoms with E-state index in [1.807, 2.05) is 19.1 Å². The quantitative estimate of drug-likeness (QED) is 0.263. The summed E-state index contributed by atoms with van der Waals surface area (Å²) in [5.74, 6) is 0. The number of unbranched alkanes of at least 4 members (excludes halogenated alkanes) is 1. The Hall–Kier alpha value is -2.35. The molecule has 0 radical (unpaired) electrons. The molecule has 94 valence electrons. The zero-order valence-electron chi connectivity index (χ0n) is 10.1. The molecule has 0 atom stereocenters. The summed E-state index contributed by atoms with van der Waals surface area (Å²) < 4.78 is 4.74. The topological polar surface area (TPSA) is 71.7 Å². The molecular formula is C13H14N2O3. The minimum absolute atomic E-state index is 0.0306. The molecule has 0 spiro atoms. The minimum Gasteiger partial charge on any atom is -0.433 e. The van der Waals surface area contributed by atoms with Crippen LogP contribution >= 0.6 is 0 Å². The van der Waals surface area contributed by atoms with E-state index in [1.165, 1.54) is 0 Å². The van der Waals surface area contributed by atoms with E-state index >= 15 is 0 Å². The lowest BCUT2D eigenvalue weighted by atomic mass is 10.1. The van der Waals surface area contributed by atoms with Crippen LogP contribution in [0.1, 0.15) is 25.3 Å². The zero-order chi connectivity index (χ0) is 13.2. The summed E-state index contributed by atoms with van der Waals surface area (Å²) in [4.78, 5) is 15.6. The molecule has 0 unspecified atom stereocenters. The van der Waals surface area contributed by atoms with Crippen LogP contribution in [0.3, 0.4) is 0 Å². The predicted octanol–water partition coefficient (Wildman–Crippen LogP) is 2.87. The normalized spacial score (nSPS) is 10.6. The van der Waals surface area contributed by atoms with E-state index in [-0.39, 0.29) is 12.3 Å². The molecule has 0 aliphatic carbocycles. The van der Waals surface area contributed by atoms with E-state index < -0.39 is 6.16 Å². The number of carbonyl (C=O) groups is 1. The van der Waals surface area contributed by atoms with Gasteiger partial charge in [0.2, 0.25) is 0 Å². The highest BCUT2D eigenvalue weighted by molar-refractivity contribution is 6.11. The molecule has 18 heavy (non-hydrogen) atoms. The van der Waals surface area contributed by atoms with Gasteiger partial charge in [0.05, 0.1) is 6.61 Å². The van der Waals surface area contributed by atoms with Gasteiger partial charge >= 0.3 is 6.16 Å². The highest BCUT2D eigenvalue weighted by Gasteiger charge is 2.06. The second-order valence-electron chi connectivity index (χ2n) is 3.46. The second kappa shape index (κ2) is 7.85. The lowest BCUT2D eigenvalue weighted by Crippen LogP contribution is -2.07. The molecule has 0 aliphatic heterocycles. The highest BCUT2D eigenvalue weighted by Crippen LogP contribution is 2.02. The van der Waals surface area contributed by atoms with E-state index in [0.29, 0.717) is 5.56 Å². The van der Waals surface area contributed by atoms with Gasteiger partial charge in [-0.05, 0) is 6.42 Å². The number of ether oxygens (including phenoxy) is 1. The van der Waals surface area contributed by atoms with Crippen molar-refractivity contribution in [2.24, 2.45) is 5.16 Å². The van der Waals surface area contributed by atoms with Crippen molar-refractivity contribution in [3.8, 4) is 6.07 Å². The van der Waals surface area contributed by atoms with Crippen LogP contribution in [0, 0.1) is 11.3 Å². The Bertz CT molecular complexity index is 449. The average Bonchev–Trinajstić information content (AvgIpc) is 2.41. The van der Waals surface area contributed by atoms with Crippen LogP contribution in [0.2, 0.25) is 0 Å². The molecule has 0 saturated carbocycles. The van der Waals surface area contributed by atoms with Gasteiger partial charge < -0.3 is 4.74 Å². The van der Waals surface area contributed by atoms with Crippen molar-refractivity contribution >= 4 is 11.9 Å². The third-order valence-electron chi connectivity index (χ3n) is 2.08. The fourth-order valence-corrected chi connectivity index (χ4v) is 1.14. The Balaban J connectivity index is 2.54. The Labute approximate surface area is 106 Å². The van der Waals surface area contributed by atoms with Gasteiger partial charge in [0.15, 0.2) is 5.71 Å². The maximum atomic E-state index is 11.1. The Morgan fingerprint density at radius 2 is 2.11 bits per heavy atom. The lowest BCUT2D eigenvalue weighted by Gasteiger charge is -2.01. The predicted molar refractivity (Wildman–Crippen MR) is 65.9 cm³/mol. The van der Waals surface area contributed by atoms with Crippen molar-refractivity contribution in [1.82, 2.24) is 0 Å². The number of carbonyl (C=O) groups excluding carboxylic acids is 1. The van der Waals surface area contributed by atoms with Gasteiger partial charge in [-0.3, -0.25) is 4.84 Å². The Morgan fingerprint density at radius 3 is 2.72 bits per heavy atom. The summed E-state index contributed by atoms with van der Waals surface area (Å²) in [6, 6.07) is 10.6. The first-order valence-electron chi connectivity index (χ1n) is 5.65. The molecule has 0 bridgehead atoms. The fraction of sp³-hybridized carbons (Fsp3) is 0.308. The van der Waals surface area contributed by atoms with Crippen molar-refractivity contribution in [3.63, 3.8) is 0 Å². The first-order valence-corrected chi connectivity index (χ1v) is 5.65. The van der Waals surface area contributed by atoms with Gasteiger partial charge in [-0.25, -0.2) is 4.79 Å². The minimum atomic E-state index is -0.896. The van der Waals surface area contributed by atoms with Gasteiger partial charge in [-0.2, -0.15) is 5.26 Å². The van der Waals surface area contributed by atoms with Crippen LogP contribution in [-0.2, 0) is 9.57 Å². The summed E-state index contributed by atoms with van der Waals surface area (Å²) in [7, 11) is 0. The SMILES string of the molecule is CCCCOC(=O)ON=C(C#N)c1ccccc1. The fourth-order valence-electron chi connectivity index (χ4n) is 1.14.